The molecule has 2 heterocycles. The van der Waals surface area contributed by atoms with E-state index in [2.05, 4.69) is 15.0 Å². The van der Waals surface area contributed by atoms with Crippen molar-refractivity contribution < 1.29 is 29.3 Å². The summed E-state index contributed by atoms with van der Waals surface area (Å²) in [5, 5.41) is 26.0. The van der Waals surface area contributed by atoms with Gasteiger partial charge in [-0.15, -0.1) is 0 Å². The zero-order valence-electron chi connectivity index (χ0n) is 18.8. The number of ether oxygens (including phenoxy) is 2. The summed E-state index contributed by atoms with van der Waals surface area (Å²) in [5.74, 6) is 0.256. The molecule has 33 heavy (non-hydrogen) atoms. The standard InChI is InChI=1S/C25H30N2O6/c1-32-20(30)7-6-19(29)26-16-8-9-25(31)18-12-15-4-5-17(28)22-21(15)24(25,23(16)33-22)10-11-27(18)13-14-2-3-14/h4-7,14,16,18,23,28,31H,2-3,8-13H2,1H3,(H,26,29)/b7-6+/t16-,18+,23-,24-,25+/m0/s1. The molecule has 0 unspecified atom stereocenters. The van der Waals surface area contributed by atoms with Crippen LogP contribution in [0.15, 0.2) is 24.3 Å². The molecule has 5 aliphatic rings. The number of nitrogens with one attached hydrogen (secondary N) is 1. The summed E-state index contributed by atoms with van der Waals surface area (Å²) in [6.45, 7) is 1.88. The van der Waals surface area contributed by atoms with E-state index in [-0.39, 0.29) is 17.8 Å². The summed E-state index contributed by atoms with van der Waals surface area (Å²) in [4.78, 5) is 26.4. The van der Waals surface area contributed by atoms with Crippen molar-refractivity contribution in [2.75, 3.05) is 20.2 Å². The van der Waals surface area contributed by atoms with Crippen molar-refractivity contribution in [3.63, 3.8) is 0 Å². The van der Waals surface area contributed by atoms with E-state index in [0.29, 0.717) is 25.0 Å². The number of piperidine rings is 1. The molecule has 8 nitrogen and oxygen atoms in total. The third kappa shape index (κ3) is 2.89. The van der Waals surface area contributed by atoms with Crippen molar-refractivity contribution in [3.8, 4) is 11.5 Å². The molecule has 3 aliphatic carbocycles. The molecule has 0 radical (unpaired) electrons. The molecule has 2 bridgehead atoms. The predicted molar refractivity (Wildman–Crippen MR) is 118 cm³/mol. The highest BCUT2D eigenvalue weighted by atomic mass is 16.5. The number of rotatable bonds is 5. The lowest BCUT2D eigenvalue weighted by molar-refractivity contribution is -0.192. The second-order valence-electron chi connectivity index (χ2n) is 10.3. The largest absolute Gasteiger partial charge is 0.504 e. The Labute approximate surface area is 192 Å². The lowest BCUT2D eigenvalue weighted by atomic mass is 9.48. The Bertz CT molecular complexity index is 1050. The van der Waals surface area contributed by atoms with Crippen LogP contribution in [0, 0.1) is 5.92 Å². The quantitative estimate of drug-likeness (QED) is 0.453. The zero-order valence-corrected chi connectivity index (χ0v) is 18.8. The Morgan fingerprint density at radius 2 is 2.09 bits per heavy atom. The average Bonchev–Trinajstić information content (AvgIpc) is 3.54. The predicted octanol–water partition coefficient (Wildman–Crippen LogP) is 1.17. The van der Waals surface area contributed by atoms with E-state index in [4.69, 9.17) is 4.74 Å². The van der Waals surface area contributed by atoms with Crippen LogP contribution in [0.2, 0.25) is 0 Å². The second kappa shape index (κ2) is 7.21. The van der Waals surface area contributed by atoms with Gasteiger partial charge in [0.2, 0.25) is 5.91 Å². The van der Waals surface area contributed by atoms with Gasteiger partial charge in [-0.05, 0) is 62.6 Å². The van der Waals surface area contributed by atoms with E-state index >= 15 is 0 Å². The fourth-order valence-corrected chi connectivity index (χ4v) is 7.07. The third-order valence-corrected chi connectivity index (χ3v) is 8.66. The molecular weight excluding hydrogens is 424 g/mol. The van der Waals surface area contributed by atoms with Crippen molar-refractivity contribution in [2.24, 2.45) is 5.92 Å². The lowest BCUT2D eigenvalue weighted by Gasteiger charge is -2.64. The van der Waals surface area contributed by atoms with Gasteiger partial charge < -0.3 is 25.0 Å². The van der Waals surface area contributed by atoms with Gasteiger partial charge >= 0.3 is 5.97 Å². The van der Waals surface area contributed by atoms with E-state index in [9.17, 15) is 19.8 Å². The monoisotopic (exact) mass is 454 g/mol. The summed E-state index contributed by atoms with van der Waals surface area (Å²) in [7, 11) is 1.26. The molecule has 3 N–H and O–H groups in total. The SMILES string of the molecule is COC(=O)/C=C/C(=O)N[C@H]1CC[C@@]2(O)[C@H]3Cc4ccc(O)c5c4[C@@]2(CCN3CC2CC2)[C@H]1O5. The maximum absolute atomic E-state index is 12.6. The fourth-order valence-electron chi connectivity index (χ4n) is 7.07. The molecule has 5 atom stereocenters. The number of phenols is 1. The van der Waals surface area contributed by atoms with Crippen molar-refractivity contribution in [3.05, 3.63) is 35.4 Å². The van der Waals surface area contributed by atoms with Crippen LogP contribution in [-0.4, -0.2) is 71.0 Å². The van der Waals surface area contributed by atoms with Crippen LogP contribution in [0.1, 0.15) is 43.2 Å². The Kier molecular flexibility index (Phi) is 4.58. The highest BCUT2D eigenvalue weighted by Crippen LogP contribution is 2.65. The third-order valence-electron chi connectivity index (χ3n) is 8.66. The van der Waals surface area contributed by atoms with Crippen LogP contribution >= 0.6 is 0 Å². The van der Waals surface area contributed by atoms with E-state index < -0.39 is 29.0 Å². The number of nitrogens with zero attached hydrogens (tertiary/aromatic N) is 1. The number of benzene rings is 1. The molecule has 1 spiro atoms. The van der Waals surface area contributed by atoms with Gasteiger partial charge in [0.25, 0.3) is 0 Å². The van der Waals surface area contributed by atoms with Gasteiger partial charge in [0, 0.05) is 30.3 Å². The Morgan fingerprint density at radius 3 is 2.85 bits per heavy atom. The molecule has 1 aromatic rings. The molecule has 176 valence electrons. The Hall–Kier alpha value is -2.58. The first-order valence-electron chi connectivity index (χ1n) is 11.9. The van der Waals surface area contributed by atoms with Crippen molar-refractivity contribution in [1.29, 1.82) is 0 Å². The first-order chi connectivity index (χ1) is 15.9. The molecule has 2 saturated carbocycles. The summed E-state index contributed by atoms with van der Waals surface area (Å²) in [6, 6.07) is 3.29. The van der Waals surface area contributed by atoms with Gasteiger partial charge in [0.1, 0.15) is 6.10 Å². The number of hydrogen-bond donors (Lipinski definition) is 3. The van der Waals surface area contributed by atoms with Crippen molar-refractivity contribution in [2.45, 2.75) is 67.7 Å². The van der Waals surface area contributed by atoms with Gasteiger partial charge in [-0.1, -0.05) is 6.07 Å². The summed E-state index contributed by atoms with van der Waals surface area (Å²) in [5.41, 5.74) is 0.390. The fraction of sp³-hybridized carbons (Fsp3) is 0.600. The second-order valence-corrected chi connectivity index (χ2v) is 10.3. The minimum Gasteiger partial charge on any atom is -0.504 e. The average molecular weight is 455 g/mol. The molecule has 8 heteroatoms. The first-order valence-corrected chi connectivity index (χ1v) is 11.9. The van der Waals surface area contributed by atoms with Gasteiger partial charge in [-0.3, -0.25) is 9.69 Å². The topological polar surface area (TPSA) is 108 Å². The normalized spacial score (nSPS) is 36.2. The molecule has 2 aliphatic heterocycles. The van der Waals surface area contributed by atoms with Crippen LogP contribution in [0.5, 0.6) is 11.5 Å². The van der Waals surface area contributed by atoms with Crippen LogP contribution in [0.3, 0.4) is 0 Å². The molecule has 3 fully saturated rings. The summed E-state index contributed by atoms with van der Waals surface area (Å²) < 4.78 is 11.0. The first kappa shape index (κ1) is 21.0. The molecular formula is C25H30N2O6. The number of amides is 1. The number of likely N-dealkylation sites (tertiary alicyclic amines) is 1. The number of aromatic hydroxyl groups is 1. The van der Waals surface area contributed by atoms with Gasteiger partial charge in [-0.25, -0.2) is 4.79 Å². The maximum Gasteiger partial charge on any atom is 0.330 e. The maximum atomic E-state index is 12.6. The van der Waals surface area contributed by atoms with E-state index in [1.807, 2.05) is 6.07 Å². The summed E-state index contributed by atoms with van der Waals surface area (Å²) in [6.07, 6.45) is 6.84. The van der Waals surface area contributed by atoms with Crippen LogP contribution in [0.4, 0.5) is 0 Å². The Morgan fingerprint density at radius 1 is 1.27 bits per heavy atom. The number of phenolic OH excluding ortho intramolecular Hbond substituents is 1. The number of carbonyl (C=O) groups is 2. The minimum atomic E-state index is -0.986. The molecule has 0 aromatic heterocycles. The number of carbonyl (C=O) groups excluding carboxylic acids is 2. The zero-order chi connectivity index (χ0) is 23.0. The highest BCUT2D eigenvalue weighted by molar-refractivity contribution is 5.94. The summed E-state index contributed by atoms with van der Waals surface area (Å²) >= 11 is 0. The van der Waals surface area contributed by atoms with Crippen LogP contribution in [-0.2, 0) is 26.2 Å². The number of hydrogen-bond acceptors (Lipinski definition) is 7. The minimum absolute atomic E-state index is 0.00295. The smallest absolute Gasteiger partial charge is 0.330 e. The van der Waals surface area contributed by atoms with Crippen molar-refractivity contribution in [1.82, 2.24) is 10.2 Å². The van der Waals surface area contributed by atoms with Gasteiger partial charge in [0.15, 0.2) is 11.5 Å². The number of esters is 1. The molecule has 1 amide bonds. The molecule has 1 saturated heterocycles. The Balaban J connectivity index is 1.38. The van der Waals surface area contributed by atoms with E-state index in [1.54, 1.807) is 6.07 Å². The van der Waals surface area contributed by atoms with Crippen LogP contribution < -0.4 is 10.1 Å². The van der Waals surface area contributed by atoms with Gasteiger partial charge in [-0.2, -0.15) is 0 Å². The lowest BCUT2D eigenvalue weighted by Crippen LogP contribution is -2.78. The number of methoxy groups -OCH3 is 1. The molecule has 6 rings (SSSR count). The van der Waals surface area contributed by atoms with Crippen LogP contribution in [0.25, 0.3) is 0 Å². The molecule has 1 aromatic carbocycles. The number of aliphatic hydroxyl groups is 1. The van der Waals surface area contributed by atoms with Gasteiger partial charge in [0.05, 0.1) is 24.2 Å². The highest BCUT2D eigenvalue weighted by Gasteiger charge is 2.73. The van der Waals surface area contributed by atoms with E-state index in [0.717, 1.165) is 48.7 Å². The van der Waals surface area contributed by atoms with Crippen molar-refractivity contribution >= 4 is 11.9 Å². The van der Waals surface area contributed by atoms with E-state index in [1.165, 1.54) is 20.0 Å².